The van der Waals surface area contributed by atoms with Gasteiger partial charge in [0, 0.05) is 30.3 Å². The number of ether oxygens (including phenoxy) is 2. The van der Waals surface area contributed by atoms with Gasteiger partial charge in [-0.05, 0) is 23.8 Å². The summed E-state index contributed by atoms with van der Waals surface area (Å²) in [7, 11) is 0. The van der Waals surface area contributed by atoms with Crippen molar-refractivity contribution in [2.24, 2.45) is 0 Å². The number of nitriles is 1. The number of fused-ring (bicyclic) bond motifs is 1. The molecule has 0 spiro atoms. The van der Waals surface area contributed by atoms with Crippen LogP contribution in [-0.2, 0) is 6.54 Å². The van der Waals surface area contributed by atoms with E-state index in [0.29, 0.717) is 23.7 Å². The quantitative estimate of drug-likeness (QED) is 0.672. The monoisotopic (exact) mass is 327 g/mol. The maximum absolute atomic E-state index is 9.11. The van der Waals surface area contributed by atoms with Gasteiger partial charge in [-0.3, -0.25) is 9.71 Å². The van der Waals surface area contributed by atoms with Gasteiger partial charge >= 0.3 is 0 Å². The summed E-state index contributed by atoms with van der Waals surface area (Å²) in [4.78, 5) is 4.29. The Morgan fingerprint density at radius 1 is 1.43 bits per heavy atom. The van der Waals surface area contributed by atoms with Crippen molar-refractivity contribution < 1.29 is 9.47 Å². The highest BCUT2D eigenvalue weighted by atomic mass is 32.2. The number of nitrogens with zero attached hydrogens (tertiary/aromatic N) is 2. The van der Waals surface area contributed by atoms with Crippen molar-refractivity contribution in [3.63, 3.8) is 0 Å². The number of para-hydroxylation sites is 1. The first kappa shape index (κ1) is 15.7. The molecule has 2 aromatic rings. The van der Waals surface area contributed by atoms with Crippen molar-refractivity contribution in [2.75, 3.05) is 12.4 Å². The van der Waals surface area contributed by atoms with E-state index >= 15 is 0 Å². The van der Waals surface area contributed by atoms with Crippen LogP contribution in [0.5, 0.6) is 11.5 Å². The van der Waals surface area contributed by atoms with E-state index in [2.05, 4.69) is 28.8 Å². The van der Waals surface area contributed by atoms with Crippen LogP contribution in [0.4, 0.5) is 0 Å². The first-order valence-corrected chi connectivity index (χ1v) is 8.41. The first-order chi connectivity index (χ1) is 11.3. The Bertz CT molecular complexity index is 730. The van der Waals surface area contributed by atoms with Crippen LogP contribution in [0.2, 0.25) is 0 Å². The van der Waals surface area contributed by atoms with Crippen LogP contribution in [0, 0.1) is 11.3 Å². The number of rotatable bonds is 5. The second-order valence-corrected chi connectivity index (χ2v) is 6.20. The van der Waals surface area contributed by atoms with Crippen LogP contribution < -0.4 is 14.2 Å². The highest BCUT2D eigenvalue weighted by Gasteiger charge is 2.25. The molecule has 1 aromatic heterocycles. The predicted molar refractivity (Wildman–Crippen MR) is 89.2 cm³/mol. The van der Waals surface area contributed by atoms with Crippen LogP contribution in [0.3, 0.4) is 0 Å². The topological polar surface area (TPSA) is 67.2 Å². The standard InChI is InChI=1S/C17H17N3O2S/c1-2-23-20-9-12-6-14(10-19-8-12)16-11-21-17-13(7-18)4-3-5-15(17)22-16/h3-6,8,10,16,20H,2,9,11H2,1H3. The number of benzene rings is 1. The van der Waals surface area contributed by atoms with Gasteiger partial charge in [0.2, 0.25) is 0 Å². The predicted octanol–water partition coefficient (Wildman–Crippen LogP) is 3.22. The third-order valence-corrected chi connectivity index (χ3v) is 4.10. The molecule has 0 bridgehead atoms. The van der Waals surface area contributed by atoms with Crippen molar-refractivity contribution in [1.29, 1.82) is 5.26 Å². The largest absolute Gasteiger partial charge is 0.484 e. The summed E-state index contributed by atoms with van der Waals surface area (Å²) < 4.78 is 15.0. The van der Waals surface area contributed by atoms with Gasteiger partial charge in [-0.15, -0.1) is 0 Å². The van der Waals surface area contributed by atoms with E-state index in [9.17, 15) is 0 Å². The molecule has 1 unspecified atom stereocenters. The second kappa shape index (κ2) is 7.36. The minimum Gasteiger partial charge on any atom is -0.484 e. The van der Waals surface area contributed by atoms with E-state index in [1.54, 1.807) is 30.3 Å². The molecule has 1 aliphatic heterocycles. The molecule has 2 heterocycles. The summed E-state index contributed by atoms with van der Waals surface area (Å²) in [5.74, 6) is 2.15. The molecule has 6 heteroatoms. The molecule has 1 aromatic carbocycles. The zero-order chi connectivity index (χ0) is 16.1. The highest BCUT2D eigenvalue weighted by Crippen LogP contribution is 2.38. The molecule has 1 aliphatic rings. The lowest BCUT2D eigenvalue weighted by Gasteiger charge is -2.27. The lowest BCUT2D eigenvalue weighted by Crippen LogP contribution is -2.22. The molecule has 3 rings (SSSR count). The minimum absolute atomic E-state index is 0.220. The summed E-state index contributed by atoms with van der Waals surface area (Å²) in [6.45, 7) is 3.22. The van der Waals surface area contributed by atoms with Gasteiger partial charge < -0.3 is 9.47 Å². The fourth-order valence-corrected chi connectivity index (χ4v) is 2.85. The molecule has 0 saturated heterocycles. The van der Waals surface area contributed by atoms with E-state index in [0.717, 1.165) is 23.4 Å². The van der Waals surface area contributed by atoms with Gasteiger partial charge in [0.25, 0.3) is 0 Å². The maximum atomic E-state index is 9.11. The molecule has 0 saturated carbocycles. The number of hydrogen-bond acceptors (Lipinski definition) is 6. The van der Waals surface area contributed by atoms with Crippen LogP contribution >= 0.6 is 11.9 Å². The van der Waals surface area contributed by atoms with Crippen molar-refractivity contribution in [1.82, 2.24) is 9.71 Å². The van der Waals surface area contributed by atoms with Crippen LogP contribution in [0.1, 0.15) is 29.7 Å². The van der Waals surface area contributed by atoms with Crippen LogP contribution in [0.25, 0.3) is 0 Å². The fourth-order valence-electron chi connectivity index (χ4n) is 2.37. The second-order valence-electron chi connectivity index (χ2n) is 5.04. The molecule has 1 N–H and O–H groups in total. The molecule has 1 atom stereocenters. The van der Waals surface area contributed by atoms with E-state index in [1.807, 2.05) is 12.3 Å². The fraction of sp³-hybridized carbons (Fsp3) is 0.294. The van der Waals surface area contributed by atoms with Gasteiger partial charge in [-0.25, -0.2) is 0 Å². The van der Waals surface area contributed by atoms with Crippen LogP contribution in [-0.4, -0.2) is 17.3 Å². The van der Waals surface area contributed by atoms with Gasteiger partial charge in [-0.2, -0.15) is 5.26 Å². The molecule has 0 fully saturated rings. The van der Waals surface area contributed by atoms with Gasteiger partial charge in [0.05, 0.1) is 5.56 Å². The molecule has 5 nitrogen and oxygen atoms in total. The summed E-state index contributed by atoms with van der Waals surface area (Å²) >= 11 is 1.67. The van der Waals surface area contributed by atoms with Crippen molar-refractivity contribution in [3.8, 4) is 17.6 Å². The molecule has 0 aliphatic carbocycles. The summed E-state index contributed by atoms with van der Waals surface area (Å²) in [5, 5.41) is 9.11. The smallest absolute Gasteiger partial charge is 0.179 e. The maximum Gasteiger partial charge on any atom is 0.179 e. The van der Waals surface area contributed by atoms with E-state index in [1.165, 1.54) is 0 Å². The molecule has 0 radical (unpaired) electrons. The average Bonchev–Trinajstić information content (AvgIpc) is 2.61. The molecule has 23 heavy (non-hydrogen) atoms. The van der Waals surface area contributed by atoms with Crippen molar-refractivity contribution >= 4 is 11.9 Å². The Morgan fingerprint density at radius 3 is 3.17 bits per heavy atom. The van der Waals surface area contributed by atoms with Gasteiger partial charge in [0.15, 0.2) is 17.6 Å². The lowest BCUT2D eigenvalue weighted by atomic mass is 10.1. The number of hydrogen-bond donors (Lipinski definition) is 1. The Balaban J connectivity index is 1.76. The van der Waals surface area contributed by atoms with E-state index < -0.39 is 0 Å². The highest BCUT2D eigenvalue weighted by molar-refractivity contribution is 7.97. The average molecular weight is 327 g/mol. The van der Waals surface area contributed by atoms with E-state index in [4.69, 9.17) is 14.7 Å². The summed E-state index contributed by atoms with van der Waals surface area (Å²) in [6.07, 6.45) is 3.42. The normalized spacial score (nSPS) is 15.9. The first-order valence-electron chi connectivity index (χ1n) is 7.43. The van der Waals surface area contributed by atoms with Gasteiger partial charge in [0.1, 0.15) is 12.7 Å². The number of nitrogens with one attached hydrogen (secondary N) is 1. The third kappa shape index (κ3) is 3.58. The Kier molecular flexibility index (Phi) is 5.01. The Labute approximate surface area is 139 Å². The zero-order valence-electron chi connectivity index (χ0n) is 12.8. The molecule has 0 amide bonds. The van der Waals surface area contributed by atoms with E-state index in [-0.39, 0.29) is 6.10 Å². The Hall–Kier alpha value is -2.23. The third-order valence-electron chi connectivity index (χ3n) is 3.46. The number of pyridine rings is 1. The van der Waals surface area contributed by atoms with Crippen molar-refractivity contribution in [2.45, 2.75) is 19.6 Å². The van der Waals surface area contributed by atoms with Crippen molar-refractivity contribution in [3.05, 3.63) is 53.3 Å². The lowest BCUT2D eigenvalue weighted by molar-refractivity contribution is 0.0907. The Morgan fingerprint density at radius 2 is 2.35 bits per heavy atom. The minimum atomic E-state index is -0.220. The molecule has 118 valence electrons. The molecular formula is C17H17N3O2S. The summed E-state index contributed by atoms with van der Waals surface area (Å²) in [6, 6.07) is 9.53. The number of aromatic nitrogens is 1. The van der Waals surface area contributed by atoms with Gasteiger partial charge in [-0.1, -0.05) is 24.9 Å². The summed E-state index contributed by atoms with van der Waals surface area (Å²) in [5.41, 5.74) is 2.57. The van der Waals surface area contributed by atoms with Crippen LogP contribution in [0.15, 0.2) is 36.7 Å². The zero-order valence-corrected chi connectivity index (χ0v) is 13.6. The molecular weight excluding hydrogens is 310 g/mol. The SMILES string of the molecule is CCSNCc1cncc(C2COc3c(C#N)cccc3O2)c1.